The third-order valence-corrected chi connectivity index (χ3v) is 4.75. The Balaban J connectivity index is 1.59. The van der Waals surface area contributed by atoms with Crippen LogP contribution in [0, 0.1) is 5.92 Å². The lowest BCUT2D eigenvalue weighted by molar-refractivity contribution is -0.117. The molecule has 4 heteroatoms. The van der Waals surface area contributed by atoms with Crippen LogP contribution >= 0.6 is 0 Å². The maximum Gasteiger partial charge on any atom is 0.238 e. The van der Waals surface area contributed by atoms with Crippen molar-refractivity contribution in [2.75, 3.05) is 25.0 Å². The first-order valence-electron chi connectivity index (χ1n) is 8.31. The van der Waals surface area contributed by atoms with Crippen molar-refractivity contribution in [3.8, 4) is 0 Å². The molecule has 1 fully saturated rings. The standard InChI is InChI=1S/C19H24N2O2/c1-14(22)15-9-11-21(12-10-15)13-19(23)20-18-8-4-6-16-5-2-3-7-17(16)18/h2-8,14-15,22H,9-13H2,1H3,(H,20,23). The lowest BCUT2D eigenvalue weighted by atomic mass is 9.92. The molecule has 0 aromatic heterocycles. The van der Waals surface area contributed by atoms with Gasteiger partial charge in [0.25, 0.3) is 0 Å². The average molecular weight is 312 g/mol. The molecule has 2 aromatic carbocycles. The molecule has 1 unspecified atom stereocenters. The van der Waals surface area contributed by atoms with E-state index in [2.05, 4.69) is 10.2 Å². The second-order valence-corrected chi connectivity index (χ2v) is 6.43. The molecule has 2 aromatic rings. The van der Waals surface area contributed by atoms with Gasteiger partial charge in [0.05, 0.1) is 12.6 Å². The molecule has 1 amide bonds. The lowest BCUT2D eigenvalue weighted by Gasteiger charge is -2.32. The minimum absolute atomic E-state index is 0.0249. The highest BCUT2D eigenvalue weighted by atomic mass is 16.3. The molecule has 23 heavy (non-hydrogen) atoms. The molecular weight excluding hydrogens is 288 g/mol. The number of aliphatic hydroxyl groups excluding tert-OH is 1. The molecule has 0 bridgehead atoms. The normalized spacial score (nSPS) is 18.0. The molecule has 122 valence electrons. The Bertz CT molecular complexity index is 671. The van der Waals surface area contributed by atoms with Gasteiger partial charge in [0.15, 0.2) is 0 Å². The zero-order valence-electron chi connectivity index (χ0n) is 13.5. The third-order valence-electron chi connectivity index (χ3n) is 4.75. The van der Waals surface area contributed by atoms with Gasteiger partial charge in [0, 0.05) is 11.1 Å². The zero-order valence-corrected chi connectivity index (χ0v) is 13.5. The molecule has 3 rings (SSSR count). The molecule has 1 saturated heterocycles. The highest BCUT2D eigenvalue weighted by Crippen LogP contribution is 2.23. The topological polar surface area (TPSA) is 52.6 Å². The highest BCUT2D eigenvalue weighted by molar-refractivity contribution is 6.02. The van der Waals surface area contributed by atoms with Crippen LogP contribution in [-0.4, -0.2) is 41.7 Å². The number of amides is 1. The molecule has 4 nitrogen and oxygen atoms in total. The van der Waals surface area contributed by atoms with E-state index in [0.717, 1.165) is 42.4 Å². The minimum Gasteiger partial charge on any atom is -0.393 e. The Morgan fingerprint density at radius 3 is 2.65 bits per heavy atom. The second kappa shape index (κ2) is 7.11. The van der Waals surface area contributed by atoms with E-state index in [4.69, 9.17) is 0 Å². The Morgan fingerprint density at radius 2 is 1.91 bits per heavy atom. The summed E-state index contributed by atoms with van der Waals surface area (Å²) in [6.07, 6.45) is 1.67. The minimum atomic E-state index is -0.248. The number of benzene rings is 2. The van der Waals surface area contributed by atoms with E-state index in [9.17, 15) is 9.90 Å². The maximum absolute atomic E-state index is 12.3. The van der Waals surface area contributed by atoms with Crippen LogP contribution in [0.15, 0.2) is 42.5 Å². The fourth-order valence-corrected chi connectivity index (χ4v) is 3.32. The van der Waals surface area contributed by atoms with Crippen molar-refractivity contribution >= 4 is 22.4 Å². The first-order valence-corrected chi connectivity index (χ1v) is 8.31. The third kappa shape index (κ3) is 3.89. The monoisotopic (exact) mass is 312 g/mol. The number of nitrogens with one attached hydrogen (secondary N) is 1. The number of aliphatic hydroxyl groups is 1. The number of hydrogen-bond donors (Lipinski definition) is 2. The Morgan fingerprint density at radius 1 is 1.22 bits per heavy atom. The van der Waals surface area contributed by atoms with Crippen LogP contribution in [0.2, 0.25) is 0 Å². The summed E-state index contributed by atoms with van der Waals surface area (Å²) in [5.74, 6) is 0.393. The Kier molecular flexibility index (Phi) is 4.94. The molecule has 0 aliphatic carbocycles. The number of anilines is 1. The Hall–Kier alpha value is -1.91. The highest BCUT2D eigenvalue weighted by Gasteiger charge is 2.23. The summed E-state index contributed by atoms with van der Waals surface area (Å²) in [5, 5.41) is 14.9. The number of likely N-dealkylation sites (tertiary alicyclic amines) is 1. The fourth-order valence-electron chi connectivity index (χ4n) is 3.32. The molecule has 0 radical (unpaired) electrons. The molecule has 1 atom stereocenters. The molecule has 1 aliphatic heterocycles. The van der Waals surface area contributed by atoms with Crippen LogP contribution in [0.4, 0.5) is 5.69 Å². The van der Waals surface area contributed by atoms with E-state index in [1.54, 1.807) is 0 Å². The van der Waals surface area contributed by atoms with Crippen LogP contribution in [0.25, 0.3) is 10.8 Å². The van der Waals surface area contributed by atoms with E-state index in [1.807, 2.05) is 49.4 Å². The first-order chi connectivity index (χ1) is 11.1. The van der Waals surface area contributed by atoms with Crippen molar-refractivity contribution in [2.24, 2.45) is 5.92 Å². The van der Waals surface area contributed by atoms with Crippen LogP contribution in [0.5, 0.6) is 0 Å². The summed E-state index contributed by atoms with van der Waals surface area (Å²) < 4.78 is 0. The molecular formula is C19H24N2O2. The number of rotatable bonds is 4. The van der Waals surface area contributed by atoms with Crippen molar-refractivity contribution in [1.29, 1.82) is 0 Å². The molecule has 0 spiro atoms. The quantitative estimate of drug-likeness (QED) is 0.913. The number of fused-ring (bicyclic) bond motifs is 1. The van der Waals surface area contributed by atoms with Gasteiger partial charge in [-0.05, 0) is 50.2 Å². The SMILES string of the molecule is CC(O)C1CCN(CC(=O)Nc2cccc3ccccc23)CC1. The van der Waals surface area contributed by atoms with Gasteiger partial charge >= 0.3 is 0 Å². The van der Waals surface area contributed by atoms with Gasteiger partial charge in [0.2, 0.25) is 5.91 Å². The predicted octanol–water partition coefficient (Wildman–Crippen LogP) is 2.87. The van der Waals surface area contributed by atoms with Crippen LogP contribution < -0.4 is 5.32 Å². The van der Waals surface area contributed by atoms with Crippen molar-refractivity contribution < 1.29 is 9.90 Å². The molecule has 2 N–H and O–H groups in total. The van der Waals surface area contributed by atoms with Crippen LogP contribution in [0.3, 0.4) is 0 Å². The van der Waals surface area contributed by atoms with E-state index in [1.165, 1.54) is 0 Å². The average Bonchev–Trinajstić information content (AvgIpc) is 2.55. The number of carbonyl (C=O) groups excluding carboxylic acids is 1. The van der Waals surface area contributed by atoms with E-state index >= 15 is 0 Å². The van der Waals surface area contributed by atoms with Gasteiger partial charge in [-0.2, -0.15) is 0 Å². The summed E-state index contributed by atoms with van der Waals surface area (Å²) in [6, 6.07) is 14.0. The van der Waals surface area contributed by atoms with Gasteiger partial charge in [-0.3, -0.25) is 9.69 Å². The van der Waals surface area contributed by atoms with E-state index < -0.39 is 0 Å². The fraction of sp³-hybridized carbons (Fsp3) is 0.421. The van der Waals surface area contributed by atoms with Crippen molar-refractivity contribution in [3.63, 3.8) is 0 Å². The molecule has 1 aliphatic rings. The molecule has 1 heterocycles. The van der Waals surface area contributed by atoms with Gasteiger partial charge in [0.1, 0.15) is 0 Å². The van der Waals surface area contributed by atoms with Crippen molar-refractivity contribution in [2.45, 2.75) is 25.9 Å². The van der Waals surface area contributed by atoms with Crippen LogP contribution in [0.1, 0.15) is 19.8 Å². The number of piperidine rings is 1. The summed E-state index contributed by atoms with van der Waals surface area (Å²) in [7, 11) is 0. The number of carbonyl (C=O) groups is 1. The zero-order chi connectivity index (χ0) is 16.2. The van der Waals surface area contributed by atoms with E-state index in [0.29, 0.717) is 12.5 Å². The van der Waals surface area contributed by atoms with Gasteiger partial charge in [-0.25, -0.2) is 0 Å². The predicted molar refractivity (Wildman–Crippen MR) is 93.4 cm³/mol. The summed E-state index contributed by atoms with van der Waals surface area (Å²) in [5.41, 5.74) is 0.868. The van der Waals surface area contributed by atoms with Crippen LogP contribution in [-0.2, 0) is 4.79 Å². The summed E-state index contributed by atoms with van der Waals surface area (Å²) >= 11 is 0. The Labute approximate surface area is 137 Å². The van der Waals surface area contributed by atoms with Crippen molar-refractivity contribution in [3.05, 3.63) is 42.5 Å². The largest absolute Gasteiger partial charge is 0.393 e. The van der Waals surface area contributed by atoms with Crippen molar-refractivity contribution in [1.82, 2.24) is 4.90 Å². The van der Waals surface area contributed by atoms with Gasteiger partial charge < -0.3 is 10.4 Å². The lowest BCUT2D eigenvalue weighted by Crippen LogP contribution is -2.41. The smallest absolute Gasteiger partial charge is 0.238 e. The second-order valence-electron chi connectivity index (χ2n) is 6.43. The first kappa shape index (κ1) is 16.0. The number of hydrogen-bond acceptors (Lipinski definition) is 3. The summed E-state index contributed by atoms with van der Waals surface area (Å²) in [6.45, 7) is 4.01. The summed E-state index contributed by atoms with van der Waals surface area (Å²) in [4.78, 5) is 14.5. The van der Waals surface area contributed by atoms with E-state index in [-0.39, 0.29) is 12.0 Å². The van der Waals surface area contributed by atoms with Gasteiger partial charge in [-0.1, -0.05) is 36.4 Å². The van der Waals surface area contributed by atoms with Gasteiger partial charge in [-0.15, -0.1) is 0 Å². The maximum atomic E-state index is 12.3. The number of nitrogens with zero attached hydrogens (tertiary/aromatic N) is 1. The molecule has 0 saturated carbocycles.